The Hall–Kier alpha value is -3.47. The Morgan fingerprint density at radius 3 is 2.56 bits per heavy atom. The number of anilines is 1. The van der Waals surface area contributed by atoms with Gasteiger partial charge in [0.25, 0.3) is 0 Å². The van der Waals surface area contributed by atoms with Gasteiger partial charge in [-0.3, -0.25) is 13.9 Å². The number of benzene rings is 2. The van der Waals surface area contributed by atoms with Gasteiger partial charge in [0.1, 0.15) is 11.8 Å². The molecule has 0 saturated carbocycles. The number of carbonyl (C=O) groups excluding carboxylic acids is 2. The van der Waals surface area contributed by atoms with Crippen LogP contribution in [-0.2, 0) is 26.2 Å². The lowest BCUT2D eigenvalue weighted by atomic mass is 10.1. The van der Waals surface area contributed by atoms with Crippen molar-refractivity contribution in [3.63, 3.8) is 0 Å². The predicted molar refractivity (Wildman–Crippen MR) is 136 cm³/mol. The highest BCUT2D eigenvalue weighted by Gasteiger charge is 2.28. The quantitative estimate of drug-likeness (QED) is 0.458. The van der Waals surface area contributed by atoms with Gasteiger partial charge >= 0.3 is 0 Å². The number of nitrogens with zero attached hydrogens (tertiary/aromatic N) is 2. The zero-order valence-electron chi connectivity index (χ0n) is 21.0. The molecule has 1 aliphatic rings. The van der Waals surface area contributed by atoms with E-state index in [-0.39, 0.29) is 44.5 Å². The molecular formula is C25H33N3O7S. The topological polar surface area (TPSA) is 114 Å². The maximum atomic E-state index is 13.4. The molecule has 2 aromatic carbocycles. The zero-order valence-corrected chi connectivity index (χ0v) is 21.8. The third-order valence-electron chi connectivity index (χ3n) is 5.92. The number of hydrogen-bond donors (Lipinski definition) is 1. The van der Waals surface area contributed by atoms with E-state index in [1.165, 1.54) is 11.4 Å². The maximum Gasteiger partial charge on any atom is 0.242 e. The standard InChI is InChI=1S/C25H33N3O7S/c1-5-21(25(30)26-2)27(16-18-8-6-9-20(14-18)33-3)24(29)10-7-13-28(36(4,31)32)19-11-12-22-23(15-19)35-17-34-22/h6,8-9,11-12,14-15,21H,5,7,10,13,16-17H2,1-4H3,(H,26,30)/t21-/m0/s1. The van der Waals surface area contributed by atoms with Gasteiger partial charge in [-0.1, -0.05) is 19.1 Å². The molecule has 1 aliphatic heterocycles. The van der Waals surface area contributed by atoms with Crippen molar-refractivity contribution >= 4 is 27.5 Å². The molecular weight excluding hydrogens is 486 g/mol. The van der Waals surface area contributed by atoms with Crippen LogP contribution in [0.3, 0.4) is 0 Å². The van der Waals surface area contributed by atoms with Crippen molar-refractivity contribution in [3.8, 4) is 17.2 Å². The molecule has 36 heavy (non-hydrogen) atoms. The molecule has 1 N–H and O–H groups in total. The van der Waals surface area contributed by atoms with E-state index < -0.39 is 16.1 Å². The van der Waals surface area contributed by atoms with Crippen LogP contribution in [0, 0.1) is 0 Å². The molecule has 0 aromatic heterocycles. The Kier molecular flexibility index (Phi) is 9.03. The largest absolute Gasteiger partial charge is 0.497 e. The fraction of sp³-hybridized carbons (Fsp3) is 0.440. The third-order valence-corrected chi connectivity index (χ3v) is 7.11. The highest BCUT2D eigenvalue weighted by Crippen LogP contribution is 2.36. The van der Waals surface area contributed by atoms with Gasteiger partial charge in [-0.2, -0.15) is 0 Å². The van der Waals surface area contributed by atoms with Gasteiger partial charge in [-0.05, 0) is 42.7 Å². The van der Waals surface area contributed by atoms with E-state index in [2.05, 4.69) is 5.32 Å². The number of ether oxygens (including phenoxy) is 3. The highest BCUT2D eigenvalue weighted by molar-refractivity contribution is 7.92. The second-order valence-corrected chi connectivity index (χ2v) is 10.3. The van der Waals surface area contributed by atoms with E-state index in [9.17, 15) is 18.0 Å². The van der Waals surface area contributed by atoms with Crippen LogP contribution in [0.2, 0.25) is 0 Å². The summed E-state index contributed by atoms with van der Waals surface area (Å²) in [6.45, 7) is 2.24. The van der Waals surface area contributed by atoms with Gasteiger partial charge in [0, 0.05) is 32.6 Å². The van der Waals surface area contributed by atoms with Crippen molar-refractivity contribution in [2.75, 3.05) is 38.1 Å². The molecule has 1 atom stereocenters. The fourth-order valence-corrected chi connectivity index (χ4v) is 5.06. The molecule has 2 aromatic rings. The number of likely N-dealkylation sites (N-methyl/N-ethyl adjacent to an activating group) is 1. The molecule has 11 heteroatoms. The first-order valence-electron chi connectivity index (χ1n) is 11.7. The average Bonchev–Trinajstić information content (AvgIpc) is 3.33. The number of methoxy groups -OCH3 is 1. The van der Waals surface area contributed by atoms with Crippen LogP contribution in [0.1, 0.15) is 31.7 Å². The Labute approximate surface area is 212 Å². The summed E-state index contributed by atoms with van der Waals surface area (Å²) in [5.41, 5.74) is 1.25. The van der Waals surface area contributed by atoms with Crippen molar-refractivity contribution in [1.29, 1.82) is 0 Å². The van der Waals surface area contributed by atoms with Gasteiger partial charge in [0.2, 0.25) is 28.6 Å². The monoisotopic (exact) mass is 519 g/mol. The summed E-state index contributed by atoms with van der Waals surface area (Å²) in [5.74, 6) is 1.17. The minimum absolute atomic E-state index is 0.0635. The lowest BCUT2D eigenvalue weighted by Crippen LogP contribution is -2.48. The van der Waals surface area contributed by atoms with Crippen molar-refractivity contribution in [3.05, 3.63) is 48.0 Å². The predicted octanol–water partition coefficient (Wildman–Crippen LogP) is 2.52. The molecule has 0 spiro atoms. The van der Waals surface area contributed by atoms with E-state index >= 15 is 0 Å². The number of fused-ring (bicyclic) bond motifs is 1. The summed E-state index contributed by atoms with van der Waals surface area (Å²) in [6, 6.07) is 11.6. The average molecular weight is 520 g/mol. The van der Waals surface area contributed by atoms with E-state index in [4.69, 9.17) is 14.2 Å². The number of rotatable bonds is 12. The van der Waals surface area contributed by atoms with Gasteiger partial charge in [0.15, 0.2) is 11.5 Å². The van der Waals surface area contributed by atoms with Crippen LogP contribution < -0.4 is 23.8 Å². The lowest BCUT2D eigenvalue weighted by molar-refractivity contribution is -0.141. The highest BCUT2D eigenvalue weighted by atomic mass is 32.2. The van der Waals surface area contributed by atoms with E-state index in [1.54, 1.807) is 30.2 Å². The number of amides is 2. The summed E-state index contributed by atoms with van der Waals surface area (Å²) in [4.78, 5) is 27.4. The van der Waals surface area contributed by atoms with Gasteiger partial charge in [-0.25, -0.2) is 8.42 Å². The first kappa shape index (κ1) is 27.1. The molecule has 0 radical (unpaired) electrons. The van der Waals surface area contributed by atoms with Crippen molar-refractivity contribution in [1.82, 2.24) is 10.2 Å². The van der Waals surface area contributed by atoms with Crippen LogP contribution in [0.5, 0.6) is 17.2 Å². The molecule has 0 aliphatic carbocycles. The summed E-state index contributed by atoms with van der Waals surface area (Å²) < 4.78 is 42.2. The molecule has 196 valence electrons. The Morgan fingerprint density at radius 1 is 1.14 bits per heavy atom. The molecule has 2 amide bonds. The smallest absolute Gasteiger partial charge is 0.242 e. The molecule has 10 nitrogen and oxygen atoms in total. The number of carbonyl (C=O) groups is 2. The molecule has 0 unspecified atom stereocenters. The first-order valence-corrected chi connectivity index (χ1v) is 13.5. The minimum Gasteiger partial charge on any atom is -0.497 e. The Morgan fingerprint density at radius 2 is 1.89 bits per heavy atom. The van der Waals surface area contributed by atoms with Crippen LogP contribution >= 0.6 is 0 Å². The molecule has 3 rings (SSSR count). The molecule has 0 fully saturated rings. The van der Waals surface area contributed by atoms with E-state index in [1.807, 2.05) is 31.2 Å². The maximum absolute atomic E-state index is 13.4. The van der Waals surface area contributed by atoms with Crippen LogP contribution in [0.15, 0.2) is 42.5 Å². The van der Waals surface area contributed by atoms with E-state index in [0.29, 0.717) is 29.4 Å². The van der Waals surface area contributed by atoms with Crippen molar-refractivity contribution in [2.45, 2.75) is 38.8 Å². The number of nitrogens with one attached hydrogen (secondary N) is 1. The van der Waals surface area contributed by atoms with E-state index in [0.717, 1.165) is 11.8 Å². The van der Waals surface area contributed by atoms with Crippen molar-refractivity contribution in [2.24, 2.45) is 0 Å². The summed E-state index contributed by atoms with van der Waals surface area (Å²) in [6.07, 6.45) is 1.88. The molecule has 0 bridgehead atoms. The summed E-state index contributed by atoms with van der Waals surface area (Å²) >= 11 is 0. The lowest BCUT2D eigenvalue weighted by Gasteiger charge is -2.31. The van der Waals surface area contributed by atoms with Gasteiger partial charge in [-0.15, -0.1) is 0 Å². The van der Waals surface area contributed by atoms with Crippen LogP contribution in [-0.4, -0.2) is 64.9 Å². The Bertz CT molecular complexity index is 1190. The fourth-order valence-electron chi connectivity index (χ4n) is 4.10. The van der Waals surface area contributed by atoms with Gasteiger partial charge in [0.05, 0.1) is 19.1 Å². The number of sulfonamides is 1. The van der Waals surface area contributed by atoms with Crippen LogP contribution in [0.25, 0.3) is 0 Å². The number of hydrogen-bond acceptors (Lipinski definition) is 7. The molecule has 0 saturated heterocycles. The van der Waals surface area contributed by atoms with Gasteiger partial charge < -0.3 is 24.4 Å². The van der Waals surface area contributed by atoms with Crippen molar-refractivity contribution < 1.29 is 32.2 Å². The first-order chi connectivity index (χ1) is 17.2. The Balaban J connectivity index is 1.75. The zero-order chi connectivity index (χ0) is 26.3. The van der Waals surface area contributed by atoms with Crippen LogP contribution in [0.4, 0.5) is 5.69 Å². The minimum atomic E-state index is -3.61. The SMILES string of the molecule is CC[C@@H](C(=O)NC)N(Cc1cccc(OC)c1)C(=O)CCCN(c1ccc2c(c1)OCO2)S(C)(=O)=O. The summed E-state index contributed by atoms with van der Waals surface area (Å²) in [7, 11) is -0.513. The summed E-state index contributed by atoms with van der Waals surface area (Å²) in [5, 5.41) is 2.63. The normalized spacial score (nSPS) is 13.1. The second-order valence-electron chi connectivity index (χ2n) is 8.39. The third kappa shape index (κ3) is 6.60. The molecule has 1 heterocycles. The second kappa shape index (κ2) is 12.0.